The molecule has 0 saturated heterocycles. The molecule has 1 unspecified atom stereocenters. The second kappa shape index (κ2) is 9.62. The number of rotatable bonds is 8. The van der Waals surface area contributed by atoms with Crippen molar-refractivity contribution in [3.05, 3.63) is 41.3 Å². The SMILES string of the molecule is Cc1oc(-c2cccc(C(F)(F)F)c2)nc1CO[C@@H]1CCCC(COC(C)(C)C(=O)O)C1. The number of aryl methyl sites for hydroxylation is 1. The molecule has 6 nitrogen and oxygen atoms in total. The predicted molar refractivity (Wildman–Crippen MR) is 110 cm³/mol. The maximum Gasteiger partial charge on any atom is 0.416 e. The van der Waals surface area contributed by atoms with Gasteiger partial charge in [0.2, 0.25) is 5.89 Å². The largest absolute Gasteiger partial charge is 0.479 e. The number of hydrogen-bond acceptors (Lipinski definition) is 5. The number of hydrogen-bond donors (Lipinski definition) is 1. The van der Waals surface area contributed by atoms with Crippen LogP contribution in [0.4, 0.5) is 13.2 Å². The van der Waals surface area contributed by atoms with Gasteiger partial charge in [-0.05, 0) is 64.2 Å². The highest BCUT2D eigenvalue weighted by Crippen LogP contribution is 2.33. The van der Waals surface area contributed by atoms with Crippen LogP contribution in [0, 0.1) is 12.8 Å². The molecule has 176 valence electrons. The number of halogens is 3. The first kappa shape index (κ1) is 24.3. The lowest BCUT2D eigenvalue weighted by molar-refractivity contribution is -0.163. The van der Waals surface area contributed by atoms with Crippen LogP contribution in [0.15, 0.2) is 28.7 Å². The van der Waals surface area contributed by atoms with Crippen LogP contribution in [0.5, 0.6) is 0 Å². The second-order valence-corrected chi connectivity index (χ2v) is 8.69. The minimum Gasteiger partial charge on any atom is -0.479 e. The van der Waals surface area contributed by atoms with E-state index in [1.165, 1.54) is 26.0 Å². The molecular formula is C23H28F3NO5. The van der Waals surface area contributed by atoms with Crippen LogP contribution in [0.1, 0.15) is 56.5 Å². The number of carbonyl (C=O) groups is 1. The van der Waals surface area contributed by atoms with E-state index in [1.54, 1.807) is 6.92 Å². The molecule has 2 atom stereocenters. The first-order chi connectivity index (χ1) is 15.0. The molecule has 0 bridgehead atoms. The van der Waals surface area contributed by atoms with Crippen molar-refractivity contribution in [2.24, 2.45) is 5.92 Å². The van der Waals surface area contributed by atoms with Gasteiger partial charge in [-0.25, -0.2) is 9.78 Å². The molecule has 0 spiro atoms. The standard InChI is InChI=1S/C23H28F3NO5/c1-14-19(27-20(32-14)16-7-5-8-17(11-16)23(24,25)26)13-30-18-9-4-6-15(10-18)12-31-22(2,3)21(28)29/h5,7-8,11,15,18H,4,6,9-10,12-13H2,1-3H3,(H,28,29)/t15?,18-/m1/s1. The molecule has 3 rings (SSSR count). The van der Waals surface area contributed by atoms with Crippen molar-refractivity contribution in [1.29, 1.82) is 0 Å². The fourth-order valence-corrected chi connectivity index (χ4v) is 3.64. The lowest BCUT2D eigenvalue weighted by Crippen LogP contribution is -2.37. The number of aliphatic carboxylic acids is 1. The second-order valence-electron chi connectivity index (χ2n) is 8.69. The molecule has 0 aliphatic heterocycles. The van der Waals surface area contributed by atoms with Gasteiger partial charge in [0.15, 0.2) is 5.60 Å². The molecular weight excluding hydrogens is 427 g/mol. The Morgan fingerprint density at radius 3 is 2.72 bits per heavy atom. The Hall–Kier alpha value is -2.39. The van der Waals surface area contributed by atoms with Gasteiger partial charge in [0.25, 0.3) is 0 Å². The topological polar surface area (TPSA) is 81.8 Å². The van der Waals surface area contributed by atoms with E-state index in [-0.39, 0.29) is 30.1 Å². The van der Waals surface area contributed by atoms with Crippen LogP contribution >= 0.6 is 0 Å². The van der Waals surface area contributed by atoms with E-state index in [2.05, 4.69) is 4.98 Å². The Morgan fingerprint density at radius 1 is 1.28 bits per heavy atom. The third-order valence-corrected chi connectivity index (χ3v) is 5.71. The summed E-state index contributed by atoms with van der Waals surface area (Å²) in [6, 6.07) is 4.86. The van der Waals surface area contributed by atoms with Crippen molar-refractivity contribution < 1.29 is 37.0 Å². The minimum atomic E-state index is -4.44. The van der Waals surface area contributed by atoms with Gasteiger partial charge >= 0.3 is 12.1 Å². The summed E-state index contributed by atoms with van der Waals surface area (Å²) in [6.07, 6.45) is -0.968. The first-order valence-electron chi connectivity index (χ1n) is 10.6. The molecule has 9 heteroatoms. The Labute approximate surface area is 184 Å². The summed E-state index contributed by atoms with van der Waals surface area (Å²) < 4.78 is 56.1. The van der Waals surface area contributed by atoms with E-state index < -0.39 is 23.3 Å². The van der Waals surface area contributed by atoms with Crippen LogP contribution in [0.2, 0.25) is 0 Å². The third-order valence-electron chi connectivity index (χ3n) is 5.71. The molecule has 1 aromatic heterocycles. The van der Waals surface area contributed by atoms with Gasteiger partial charge in [-0.1, -0.05) is 12.5 Å². The van der Waals surface area contributed by atoms with Crippen LogP contribution in [-0.4, -0.2) is 34.4 Å². The van der Waals surface area contributed by atoms with Crippen molar-refractivity contribution >= 4 is 5.97 Å². The summed E-state index contributed by atoms with van der Waals surface area (Å²) in [4.78, 5) is 15.5. The van der Waals surface area contributed by atoms with Crippen LogP contribution < -0.4 is 0 Å². The summed E-state index contributed by atoms with van der Waals surface area (Å²) >= 11 is 0. The number of oxazole rings is 1. The average molecular weight is 455 g/mol. The highest BCUT2D eigenvalue weighted by atomic mass is 19.4. The van der Waals surface area contributed by atoms with Gasteiger partial charge < -0.3 is 19.0 Å². The highest BCUT2D eigenvalue weighted by Gasteiger charge is 2.32. The van der Waals surface area contributed by atoms with Gasteiger partial charge in [-0.15, -0.1) is 0 Å². The van der Waals surface area contributed by atoms with Gasteiger partial charge in [0, 0.05) is 5.56 Å². The van der Waals surface area contributed by atoms with Gasteiger partial charge in [-0.2, -0.15) is 13.2 Å². The smallest absolute Gasteiger partial charge is 0.416 e. The summed E-state index contributed by atoms with van der Waals surface area (Å²) in [5.41, 5.74) is -1.19. The highest BCUT2D eigenvalue weighted by molar-refractivity contribution is 5.76. The van der Waals surface area contributed by atoms with Crippen LogP contribution in [-0.2, 0) is 27.1 Å². The van der Waals surface area contributed by atoms with Crippen molar-refractivity contribution in [3.63, 3.8) is 0 Å². The zero-order valence-electron chi connectivity index (χ0n) is 18.4. The van der Waals surface area contributed by atoms with Crippen molar-refractivity contribution in [3.8, 4) is 11.5 Å². The molecule has 0 radical (unpaired) electrons. The summed E-state index contributed by atoms with van der Waals surface area (Å²) in [7, 11) is 0. The van der Waals surface area contributed by atoms with E-state index in [0.717, 1.165) is 37.8 Å². The van der Waals surface area contributed by atoms with Crippen molar-refractivity contribution in [2.45, 2.75) is 70.9 Å². The monoisotopic (exact) mass is 455 g/mol. The molecule has 2 aromatic rings. The average Bonchev–Trinajstić information content (AvgIpc) is 3.11. The maximum absolute atomic E-state index is 13.0. The number of carboxylic acids is 1. The van der Waals surface area contributed by atoms with Crippen molar-refractivity contribution in [1.82, 2.24) is 4.98 Å². The van der Waals surface area contributed by atoms with E-state index in [0.29, 0.717) is 18.1 Å². The quantitative estimate of drug-likeness (QED) is 0.556. The number of nitrogens with zero attached hydrogens (tertiary/aromatic N) is 1. The van der Waals surface area contributed by atoms with Crippen molar-refractivity contribution in [2.75, 3.05) is 6.61 Å². The van der Waals surface area contributed by atoms with Gasteiger partial charge in [0.05, 0.1) is 24.9 Å². The summed E-state index contributed by atoms with van der Waals surface area (Å²) in [5, 5.41) is 9.18. The zero-order valence-corrected chi connectivity index (χ0v) is 18.4. The van der Waals surface area contributed by atoms with E-state index in [1.807, 2.05) is 0 Å². The van der Waals surface area contributed by atoms with E-state index >= 15 is 0 Å². The number of benzene rings is 1. The normalized spacial score (nSPS) is 19.8. The molecule has 1 aliphatic rings. The molecule has 32 heavy (non-hydrogen) atoms. The number of ether oxygens (including phenoxy) is 2. The van der Waals surface area contributed by atoms with E-state index in [4.69, 9.17) is 13.9 Å². The lowest BCUT2D eigenvalue weighted by atomic mass is 9.87. The predicted octanol–water partition coefficient (Wildman–Crippen LogP) is 5.62. The number of carboxylic acid groups (broad SMARTS) is 1. The Kier molecular flexibility index (Phi) is 7.29. The van der Waals surface area contributed by atoms with Gasteiger partial charge in [-0.3, -0.25) is 0 Å². The van der Waals surface area contributed by atoms with Gasteiger partial charge in [0.1, 0.15) is 11.5 Å². The molecule has 1 fully saturated rings. The molecule has 0 amide bonds. The molecule has 1 N–H and O–H groups in total. The third kappa shape index (κ3) is 6.10. The Balaban J connectivity index is 1.58. The number of aromatic nitrogens is 1. The lowest BCUT2D eigenvalue weighted by Gasteiger charge is -2.31. The first-order valence-corrected chi connectivity index (χ1v) is 10.6. The number of alkyl halides is 3. The Bertz CT molecular complexity index is 938. The van der Waals surface area contributed by atoms with Crippen LogP contribution in [0.25, 0.3) is 11.5 Å². The summed E-state index contributed by atoms with van der Waals surface area (Å²) in [5.74, 6) is -0.181. The maximum atomic E-state index is 13.0. The molecule has 1 aromatic carbocycles. The Morgan fingerprint density at radius 2 is 2.03 bits per heavy atom. The minimum absolute atomic E-state index is 0.0293. The molecule has 1 aliphatic carbocycles. The van der Waals surface area contributed by atoms with E-state index in [9.17, 15) is 23.1 Å². The molecule has 1 heterocycles. The summed E-state index contributed by atoms with van der Waals surface area (Å²) in [6.45, 7) is 5.30. The molecule has 1 saturated carbocycles. The fourth-order valence-electron chi connectivity index (χ4n) is 3.64. The van der Waals surface area contributed by atoms with Crippen LogP contribution in [0.3, 0.4) is 0 Å². The fraction of sp³-hybridized carbons (Fsp3) is 0.565. The zero-order chi connectivity index (χ0) is 23.5.